The summed E-state index contributed by atoms with van der Waals surface area (Å²) in [4.78, 5) is 25.8. The molecule has 0 radical (unpaired) electrons. The number of carbonyl (C=O) groups is 2. The summed E-state index contributed by atoms with van der Waals surface area (Å²) in [6.07, 6.45) is 1.42. The molecule has 0 saturated carbocycles. The Hall–Kier alpha value is -3.07. The average molecular weight is 475 g/mol. The number of esters is 1. The predicted molar refractivity (Wildman–Crippen MR) is 126 cm³/mol. The maximum atomic E-state index is 13.1. The number of carbonyl (C=O) groups excluding carboxylic acids is 1. The topological polar surface area (TPSA) is 113 Å². The van der Waals surface area contributed by atoms with Crippen molar-refractivity contribution in [2.75, 3.05) is 29.3 Å². The monoisotopic (exact) mass is 474 g/mol. The summed E-state index contributed by atoms with van der Waals surface area (Å²) in [5.74, 6) is -1.51. The number of piperidine rings is 1. The van der Waals surface area contributed by atoms with Crippen LogP contribution in [-0.2, 0) is 19.6 Å². The zero-order chi connectivity index (χ0) is 24.2. The van der Waals surface area contributed by atoms with Gasteiger partial charge in [-0.05, 0) is 61.6 Å². The van der Waals surface area contributed by atoms with Crippen LogP contribution in [0.25, 0.3) is 0 Å². The van der Waals surface area contributed by atoms with Crippen molar-refractivity contribution in [2.45, 2.75) is 44.4 Å². The Morgan fingerprint density at radius 1 is 1.18 bits per heavy atom. The van der Waals surface area contributed by atoms with Crippen LogP contribution < -0.4 is 9.62 Å². The van der Waals surface area contributed by atoms with Crippen molar-refractivity contribution in [2.24, 2.45) is 5.92 Å². The molecule has 1 aliphatic rings. The maximum Gasteiger partial charge on any atom is 0.335 e. The third-order valence-corrected chi connectivity index (χ3v) is 7.11. The van der Waals surface area contributed by atoms with Gasteiger partial charge in [-0.15, -0.1) is 0 Å². The third-order valence-electron chi connectivity index (χ3n) is 5.73. The maximum absolute atomic E-state index is 13.1. The van der Waals surface area contributed by atoms with E-state index in [4.69, 9.17) is 4.74 Å². The first-order valence-corrected chi connectivity index (χ1v) is 12.5. The highest BCUT2D eigenvalue weighted by atomic mass is 32.2. The number of nitrogens with one attached hydrogen (secondary N) is 1. The molecule has 0 bridgehead atoms. The van der Waals surface area contributed by atoms with Gasteiger partial charge in [-0.25, -0.2) is 13.2 Å². The van der Waals surface area contributed by atoms with E-state index in [0.717, 1.165) is 12.0 Å². The average Bonchev–Trinajstić information content (AvgIpc) is 2.79. The molecule has 178 valence electrons. The zero-order valence-corrected chi connectivity index (χ0v) is 19.9. The van der Waals surface area contributed by atoms with Gasteiger partial charge in [-0.3, -0.25) is 9.52 Å². The Labute approximate surface area is 194 Å². The molecule has 2 aromatic rings. The van der Waals surface area contributed by atoms with E-state index >= 15 is 0 Å². The van der Waals surface area contributed by atoms with Crippen molar-refractivity contribution in [1.82, 2.24) is 0 Å². The molecule has 33 heavy (non-hydrogen) atoms. The number of hydrogen-bond donors (Lipinski definition) is 2. The minimum absolute atomic E-state index is 0.0365. The summed E-state index contributed by atoms with van der Waals surface area (Å²) in [5.41, 5.74) is 1.66. The Kier molecular flexibility index (Phi) is 7.63. The van der Waals surface area contributed by atoms with Gasteiger partial charge in [-0.2, -0.15) is 0 Å². The molecule has 8 nitrogen and oxygen atoms in total. The number of benzene rings is 2. The van der Waals surface area contributed by atoms with Crippen LogP contribution in [0, 0.1) is 5.92 Å². The van der Waals surface area contributed by atoms with Crippen molar-refractivity contribution >= 4 is 33.3 Å². The Morgan fingerprint density at radius 3 is 2.48 bits per heavy atom. The van der Waals surface area contributed by atoms with Gasteiger partial charge in [0.25, 0.3) is 10.0 Å². The van der Waals surface area contributed by atoms with Crippen molar-refractivity contribution in [3.63, 3.8) is 0 Å². The third kappa shape index (κ3) is 5.84. The second-order valence-corrected chi connectivity index (χ2v) is 10.1. The zero-order valence-electron chi connectivity index (χ0n) is 19.1. The summed E-state index contributed by atoms with van der Waals surface area (Å²) in [6, 6.07) is 10.9. The van der Waals surface area contributed by atoms with Crippen LogP contribution in [0.4, 0.5) is 11.4 Å². The van der Waals surface area contributed by atoms with E-state index in [0.29, 0.717) is 31.8 Å². The number of carboxylic acids is 1. The summed E-state index contributed by atoms with van der Waals surface area (Å²) in [6.45, 7) is 7.07. The normalized spacial score (nSPS) is 16.5. The van der Waals surface area contributed by atoms with Crippen molar-refractivity contribution < 1.29 is 27.9 Å². The molecule has 1 aliphatic heterocycles. The highest BCUT2D eigenvalue weighted by molar-refractivity contribution is 7.92. The van der Waals surface area contributed by atoms with Gasteiger partial charge < -0.3 is 14.7 Å². The summed E-state index contributed by atoms with van der Waals surface area (Å²) in [7, 11) is -3.96. The van der Waals surface area contributed by atoms with Crippen LogP contribution in [0.5, 0.6) is 0 Å². The van der Waals surface area contributed by atoms with Crippen LogP contribution in [0.1, 0.15) is 55.5 Å². The fourth-order valence-corrected chi connectivity index (χ4v) is 4.98. The fraction of sp³-hybridized carbons (Fsp3) is 0.417. The van der Waals surface area contributed by atoms with Gasteiger partial charge in [0.05, 0.1) is 34.4 Å². The summed E-state index contributed by atoms with van der Waals surface area (Å²) >= 11 is 0. The van der Waals surface area contributed by atoms with Crippen molar-refractivity contribution in [3.05, 3.63) is 53.6 Å². The number of aromatic carboxylic acids is 1. The number of hydrogen-bond acceptors (Lipinski definition) is 6. The molecular weight excluding hydrogens is 444 g/mol. The van der Waals surface area contributed by atoms with Crippen LogP contribution >= 0.6 is 0 Å². The van der Waals surface area contributed by atoms with Crippen LogP contribution in [0.3, 0.4) is 0 Å². The quantitative estimate of drug-likeness (QED) is 0.554. The van der Waals surface area contributed by atoms with E-state index in [9.17, 15) is 23.1 Å². The molecule has 9 heteroatoms. The SMILES string of the molecule is CCOC(=O)C1CCCN(c2ccc(C(=O)O)cc2NS(=O)(=O)c2ccc(C(C)C)cc2)C1. The van der Waals surface area contributed by atoms with Crippen LogP contribution in [0.2, 0.25) is 0 Å². The molecule has 1 unspecified atom stereocenters. The highest BCUT2D eigenvalue weighted by Gasteiger charge is 2.29. The molecule has 0 amide bonds. The lowest BCUT2D eigenvalue weighted by molar-refractivity contribution is -0.148. The van der Waals surface area contributed by atoms with E-state index in [1.807, 2.05) is 18.7 Å². The molecule has 3 rings (SSSR count). The van der Waals surface area contributed by atoms with Gasteiger partial charge in [0.1, 0.15) is 0 Å². The van der Waals surface area contributed by atoms with E-state index in [-0.39, 0.29) is 34.0 Å². The first kappa shape index (κ1) is 24.6. The number of ether oxygens (including phenoxy) is 1. The van der Waals surface area contributed by atoms with Crippen LogP contribution in [0.15, 0.2) is 47.4 Å². The van der Waals surface area contributed by atoms with E-state index in [1.165, 1.54) is 24.3 Å². The Bertz CT molecular complexity index is 1110. The van der Waals surface area contributed by atoms with Gasteiger partial charge in [0.2, 0.25) is 0 Å². The van der Waals surface area contributed by atoms with Gasteiger partial charge in [-0.1, -0.05) is 26.0 Å². The first-order chi connectivity index (χ1) is 15.6. The number of sulfonamides is 1. The summed E-state index contributed by atoms with van der Waals surface area (Å²) in [5, 5.41) is 9.43. The fourth-order valence-electron chi connectivity index (χ4n) is 3.91. The molecule has 0 aliphatic carbocycles. The van der Waals surface area contributed by atoms with E-state index in [1.54, 1.807) is 25.1 Å². The lowest BCUT2D eigenvalue weighted by Crippen LogP contribution is -2.39. The first-order valence-electron chi connectivity index (χ1n) is 11.0. The Balaban J connectivity index is 1.94. The second kappa shape index (κ2) is 10.2. The molecule has 1 fully saturated rings. The number of carboxylic acid groups (broad SMARTS) is 1. The molecule has 0 aromatic heterocycles. The minimum atomic E-state index is -3.96. The van der Waals surface area contributed by atoms with Gasteiger partial charge >= 0.3 is 11.9 Å². The van der Waals surface area contributed by atoms with Gasteiger partial charge in [0, 0.05) is 13.1 Å². The number of nitrogens with zero attached hydrogens (tertiary/aromatic N) is 1. The lowest BCUT2D eigenvalue weighted by Gasteiger charge is -2.34. The summed E-state index contributed by atoms with van der Waals surface area (Å²) < 4.78 is 33.9. The molecule has 1 heterocycles. The molecule has 2 aromatic carbocycles. The Morgan fingerprint density at radius 2 is 1.88 bits per heavy atom. The predicted octanol–water partition coefficient (Wildman–Crippen LogP) is 4.09. The smallest absolute Gasteiger partial charge is 0.335 e. The minimum Gasteiger partial charge on any atom is -0.478 e. The molecule has 2 N–H and O–H groups in total. The molecule has 0 spiro atoms. The second-order valence-electron chi connectivity index (χ2n) is 8.40. The molecule has 1 atom stereocenters. The van der Waals surface area contributed by atoms with E-state index < -0.39 is 16.0 Å². The lowest BCUT2D eigenvalue weighted by atomic mass is 9.97. The molecular formula is C24H30N2O6S. The molecule has 1 saturated heterocycles. The number of rotatable bonds is 8. The highest BCUT2D eigenvalue weighted by Crippen LogP contribution is 2.33. The van der Waals surface area contributed by atoms with Crippen LogP contribution in [-0.4, -0.2) is 45.2 Å². The largest absolute Gasteiger partial charge is 0.478 e. The van der Waals surface area contributed by atoms with Crippen molar-refractivity contribution in [3.8, 4) is 0 Å². The van der Waals surface area contributed by atoms with Gasteiger partial charge in [0.15, 0.2) is 0 Å². The standard InChI is InChI=1S/C24H30N2O6S/c1-4-32-24(29)19-6-5-13-26(15-19)22-12-9-18(23(27)28)14-21(22)25-33(30,31)20-10-7-17(8-11-20)16(2)3/h7-12,14,16,19,25H,4-6,13,15H2,1-3H3,(H,27,28). The number of anilines is 2. The van der Waals surface area contributed by atoms with E-state index in [2.05, 4.69) is 4.72 Å². The van der Waals surface area contributed by atoms with Crippen molar-refractivity contribution in [1.29, 1.82) is 0 Å².